The maximum atomic E-state index is 6.07. The second-order valence-corrected chi connectivity index (χ2v) is 11.9. The van der Waals surface area contributed by atoms with E-state index in [1.165, 1.54) is 44.9 Å². The summed E-state index contributed by atoms with van der Waals surface area (Å²) in [5.74, 6) is 0.910. The van der Waals surface area contributed by atoms with E-state index in [1.54, 1.807) is 0 Å². The van der Waals surface area contributed by atoms with E-state index in [1.807, 2.05) is 0 Å². The van der Waals surface area contributed by atoms with E-state index >= 15 is 0 Å². The van der Waals surface area contributed by atoms with Crippen molar-refractivity contribution in [3.8, 4) is 0 Å². The van der Waals surface area contributed by atoms with Crippen LogP contribution in [-0.4, -0.2) is 50.3 Å². The van der Waals surface area contributed by atoms with Gasteiger partial charge in [0.2, 0.25) is 0 Å². The maximum Gasteiger partial charge on any atom is 0.0707 e. The van der Waals surface area contributed by atoms with E-state index in [2.05, 4.69) is 41.5 Å². The number of ether oxygens (including phenoxy) is 4. The van der Waals surface area contributed by atoms with Crippen LogP contribution >= 0.6 is 0 Å². The van der Waals surface area contributed by atoms with Gasteiger partial charge in [0, 0.05) is 0 Å². The van der Waals surface area contributed by atoms with Crippen LogP contribution < -0.4 is 0 Å². The van der Waals surface area contributed by atoms with Gasteiger partial charge in [0.1, 0.15) is 0 Å². The van der Waals surface area contributed by atoms with Crippen molar-refractivity contribution in [3.63, 3.8) is 0 Å². The number of hydrogen-bond acceptors (Lipinski definition) is 4. The van der Waals surface area contributed by atoms with Crippen LogP contribution in [0.2, 0.25) is 0 Å². The molecule has 28 heavy (non-hydrogen) atoms. The maximum absolute atomic E-state index is 6.07. The fourth-order valence-corrected chi connectivity index (χ4v) is 5.58. The molecule has 0 aliphatic heterocycles. The molecule has 0 aromatic rings. The van der Waals surface area contributed by atoms with Gasteiger partial charge in [-0.05, 0) is 103 Å². The second kappa shape index (κ2) is 8.53. The van der Waals surface area contributed by atoms with Crippen molar-refractivity contribution in [2.75, 3.05) is 33.0 Å². The fraction of sp³-hybridized carbons (Fsp3) is 1.00. The summed E-state index contributed by atoms with van der Waals surface area (Å²) in [5.41, 5.74) is 1.13. The highest BCUT2D eigenvalue weighted by Crippen LogP contribution is 2.75. The van der Waals surface area contributed by atoms with E-state index in [-0.39, 0.29) is 11.2 Å². The Morgan fingerprint density at radius 1 is 0.750 bits per heavy atom. The van der Waals surface area contributed by atoms with Crippen molar-refractivity contribution in [3.05, 3.63) is 0 Å². The molecule has 4 heteroatoms. The Kier molecular flexibility index (Phi) is 6.86. The Balaban J connectivity index is 1.15. The van der Waals surface area contributed by atoms with Crippen LogP contribution in [0.5, 0.6) is 0 Å². The number of rotatable bonds is 12. The van der Waals surface area contributed by atoms with Crippen molar-refractivity contribution in [2.24, 2.45) is 16.7 Å². The van der Waals surface area contributed by atoms with Crippen molar-refractivity contribution < 1.29 is 18.9 Å². The van der Waals surface area contributed by atoms with E-state index in [0.29, 0.717) is 43.4 Å². The smallest absolute Gasteiger partial charge is 0.0707 e. The highest BCUT2D eigenvalue weighted by Gasteiger charge is 2.66. The monoisotopic (exact) mass is 396 g/mol. The summed E-state index contributed by atoms with van der Waals surface area (Å²) in [6.07, 6.45) is 10.1. The van der Waals surface area contributed by atoms with E-state index < -0.39 is 0 Å². The van der Waals surface area contributed by atoms with Crippen molar-refractivity contribution in [1.82, 2.24) is 0 Å². The molecular weight excluding hydrogens is 352 g/mol. The lowest BCUT2D eigenvalue weighted by atomic mass is 9.34. The van der Waals surface area contributed by atoms with Crippen molar-refractivity contribution >= 4 is 0 Å². The van der Waals surface area contributed by atoms with Crippen LogP contribution in [0.15, 0.2) is 0 Å². The predicted octanol–water partition coefficient (Wildman–Crippen LogP) is 5.38. The molecule has 0 aromatic heterocycles. The minimum absolute atomic E-state index is 0.0150. The molecule has 0 aromatic carbocycles. The molecule has 164 valence electrons. The van der Waals surface area contributed by atoms with Gasteiger partial charge in [-0.15, -0.1) is 0 Å². The van der Waals surface area contributed by atoms with Gasteiger partial charge in [-0.2, -0.15) is 0 Å². The summed E-state index contributed by atoms with van der Waals surface area (Å²) in [5, 5.41) is 0. The average Bonchev–Trinajstić information content (AvgIpc) is 2.44. The summed E-state index contributed by atoms with van der Waals surface area (Å²) in [6, 6.07) is 0. The molecule has 4 rings (SSSR count). The van der Waals surface area contributed by atoms with Crippen LogP contribution in [0, 0.1) is 16.7 Å². The zero-order valence-electron chi connectivity index (χ0n) is 19.3. The molecule has 2 bridgehead atoms. The summed E-state index contributed by atoms with van der Waals surface area (Å²) < 4.78 is 23.2. The standard InChI is InChI=1S/C24H44O4/c1-21(2,3)27-12-11-25-9-10-26-18-24-15-23(16-24,17-24)8-7-19-13-20(14-19)28-22(4,5)6/h19-20H,7-18H2,1-6H3. The molecule has 0 amide bonds. The molecule has 4 aliphatic carbocycles. The van der Waals surface area contributed by atoms with Gasteiger partial charge >= 0.3 is 0 Å². The molecule has 0 spiro atoms. The average molecular weight is 397 g/mol. The predicted molar refractivity (Wildman–Crippen MR) is 113 cm³/mol. The number of hydrogen-bond donors (Lipinski definition) is 0. The molecule has 0 heterocycles. The SMILES string of the molecule is CC(C)(C)OCCOCCOCC12CC(CCC3CC(OC(C)(C)C)C3)(C1)C2. The molecule has 0 unspecified atom stereocenters. The third-order valence-corrected chi connectivity index (χ3v) is 6.59. The molecule has 4 aliphatic rings. The van der Waals surface area contributed by atoms with Gasteiger partial charge in [-0.3, -0.25) is 0 Å². The highest BCUT2D eigenvalue weighted by atomic mass is 16.5. The zero-order valence-corrected chi connectivity index (χ0v) is 19.3. The molecule has 0 atom stereocenters. The Labute approximate surface area is 173 Å². The lowest BCUT2D eigenvalue weighted by Gasteiger charge is -2.71. The summed E-state index contributed by atoms with van der Waals surface area (Å²) in [7, 11) is 0. The lowest BCUT2D eigenvalue weighted by molar-refractivity contribution is -0.238. The summed E-state index contributed by atoms with van der Waals surface area (Å²) >= 11 is 0. The second-order valence-electron chi connectivity index (χ2n) is 11.9. The Morgan fingerprint density at radius 2 is 1.36 bits per heavy atom. The van der Waals surface area contributed by atoms with Crippen molar-refractivity contribution in [2.45, 2.75) is 104 Å². The van der Waals surface area contributed by atoms with Gasteiger partial charge in [-0.25, -0.2) is 0 Å². The van der Waals surface area contributed by atoms with E-state index in [0.717, 1.165) is 12.5 Å². The molecule has 4 saturated carbocycles. The largest absolute Gasteiger partial charge is 0.378 e. The molecular formula is C24H44O4. The van der Waals surface area contributed by atoms with Crippen LogP contribution in [0.1, 0.15) is 86.5 Å². The molecule has 0 saturated heterocycles. The van der Waals surface area contributed by atoms with Crippen LogP contribution in [-0.2, 0) is 18.9 Å². The first-order chi connectivity index (χ1) is 13.0. The first-order valence-electron chi connectivity index (χ1n) is 11.5. The summed E-state index contributed by atoms with van der Waals surface area (Å²) in [4.78, 5) is 0. The topological polar surface area (TPSA) is 36.9 Å². The molecule has 4 fully saturated rings. The van der Waals surface area contributed by atoms with Crippen LogP contribution in [0.4, 0.5) is 0 Å². The summed E-state index contributed by atoms with van der Waals surface area (Å²) in [6.45, 7) is 16.3. The van der Waals surface area contributed by atoms with Crippen LogP contribution in [0.25, 0.3) is 0 Å². The Bertz CT molecular complexity index is 476. The van der Waals surface area contributed by atoms with Gasteiger partial charge in [-0.1, -0.05) is 0 Å². The van der Waals surface area contributed by atoms with Crippen molar-refractivity contribution in [1.29, 1.82) is 0 Å². The molecule has 0 radical (unpaired) electrons. The van der Waals surface area contributed by atoms with Gasteiger partial charge in [0.15, 0.2) is 0 Å². The quantitative estimate of drug-likeness (QED) is 0.415. The Morgan fingerprint density at radius 3 is 1.96 bits per heavy atom. The third kappa shape index (κ3) is 6.42. The molecule has 4 nitrogen and oxygen atoms in total. The van der Waals surface area contributed by atoms with Gasteiger partial charge in [0.05, 0.1) is 50.3 Å². The first kappa shape index (κ1) is 22.5. The normalized spacial score (nSPS) is 34.5. The Hall–Kier alpha value is -0.160. The minimum Gasteiger partial charge on any atom is -0.378 e. The van der Waals surface area contributed by atoms with E-state index in [9.17, 15) is 0 Å². The molecule has 0 N–H and O–H groups in total. The van der Waals surface area contributed by atoms with E-state index in [4.69, 9.17) is 18.9 Å². The van der Waals surface area contributed by atoms with Crippen LogP contribution in [0.3, 0.4) is 0 Å². The lowest BCUT2D eigenvalue weighted by Crippen LogP contribution is -2.63. The minimum atomic E-state index is -0.0828. The highest BCUT2D eigenvalue weighted by molar-refractivity contribution is 5.16. The van der Waals surface area contributed by atoms with Gasteiger partial charge in [0.25, 0.3) is 0 Å². The zero-order chi connectivity index (χ0) is 20.5. The fourth-order valence-electron chi connectivity index (χ4n) is 5.58. The third-order valence-electron chi connectivity index (χ3n) is 6.59. The van der Waals surface area contributed by atoms with Gasteiger partial charge < -0.3 is 18.9 Å². The first-order valence-corrected chi connectivity index (χ1v) is 11.5.